The van der Waals surface area contributed by atoms with Crippen LogP contribution in [0, 0.1) is 0 Å². The predicted molar refractivity (Wildman–Crippen MR) is 62.3 cm³/mol. The van der Waals surface area contributed by atoms with Crippen molar-refractivity contribution in [2.24, 2.45) is 5.84 Å². The van der Waals surface area contributed by atoms with Crippen molar-refractivity contribution in [3.05, 3.63) is 28.8 Å². The fraction of sp³-hybridized carbons (Fsp3) is 0.200. The Bertz CT molecular complexity index is 522. The highest BCUT2D eigenvalue weighted by atomic mass is 35.5. The smallest absolute Gasteiger partial charge is 0.404 e. The van der Waals surface area contributed by atoms with Gasteiger partial charge in [-0.2, -0.15) is 0 Å². The molecule has 110 valence electrons. The number of carbonyl (C=O) groups excluding carboxylic acids is 2. The van der Waals surface area contributed by atoms with Gasteiger partial charge in [-0.25, -0.2) is 5.84 Å². The minimum absolute atomic E-state index is 0.197. The van der Waals surface area contributed by atoms with Crippen LogP contribution in [0.3, 0.4) is 0 Å². The SMILES string of the molecule is NNC(=O)C(=O)NCc1ccc(Cl)c(OC(F)(F)F)c1. The van der Waals surface area contributed by atoms with Crippen molar-refractivity contribution in [1.29, 1.82) is 0 Å². The zero-order valence-corrected chi connectivity index (χ0v) is 10.5. The van der Waals surface area contributed by atoms with E-state index < -0.39 is 23.9 Å². The molecule has 6 nitrogen and oxygen atoms in total. The number of halogens is 4. The Hall–Kier alpha value is -2.00. The van der Waals surface area contributed by atoms with Crippen LogP contribution in [0.2, 0.25) is 5.02 Å². The van der Waals surface area contributed by atoms with Crippen LogP contribution < -0.4 is 21.3 Å². The van der Waals surface area contributed by atoms with E-state index in [1.807, 2.05) is 0 Å². The number of hydrazine groups is 1. The molecule has 0 aliphatic heterocycles. The largest absolute Gasteiger partial charge is 0.573 e. The third-order valence-electron chi connectivity index (χ3n) is 2.01. The molecule has 0 fully saturated rings. The molecular formula is C10H9ClF3N3O3. The molecule has 20 heavy (non-hydrogen) atoms. The zero-order chi connectivity index (χ0) is 15.3. The molecule has 0 spiro atoms. The standard InChI is InChI=1S/C10H9ClF3N3O3/c11-6-2-1-5(3-7(6)20-10(12,13)14)4-16-8(18)9(19)17-15/h1-3H,4,15H2,(H,16,18)(H,17,19). The molecule has 0 saturated heterocycles. The third kappa shape index (κ3) is 4.94. The van der Waals surface area contributed by atoms with Gasteiger partial charge in [-0.05, 0) is 17.7 Å². The summed E-state index contributed by atoms with van der Waals surface area (Å²) in [5, 5.41) is 1.91. The number of hydrogen-bond acceptors (Lipinski definition) is 4. The first kappa shape index (κ1) is 16.1. The first-order valence-corrected chi connectivity index (χ1v) is 5.43. The number of hydrogen-bond donors (Lipinski definition) is 3. The van der Waals surface area contributed by atoms with Crippen molar-refractivity contribution in [3.63, 3.8) is 0 Å². The maximum Gasteiger partial charge on any atom is 0.573 e. The number of nitrogens with one attached hydrogen (secondary N) is 2. The minimum atomic E-state index is -4.88. The summed E-state index contributed by atoms with van der Waals surface area (Å²) >= 11 is 5.54. The van der Waals surface area contributed by atoms with Crippen molar-refractivity contribution in [3.8, 4) is 5.75 Å². The van der Waals surface area contributed by atoms with Crippen molar-refractivity contribution < 1.29 is 27.5 Å². The Morgan fingerprint density at radius 1 is 1.30 bits per heavy atom. The monoisotopic (exact) mass is 311 g/mol. The lowest BCUT2D eigenvalue weighted by molar-refractivity contribution is -0.274. The molecule has 0 atom stereocenters. The predicted octanol–water partition coefficient (Wildman–Crippen LogP) is 0.845. The van der Waals surface area contributed by atoms with E-state index in [-0.39, 0.29) is 17.1 Å². The van der Waals surface area contributed by atoms with Crippen LogP contribution in [0.5, 0.6) is 5.75 Å². The Balaban J connectivity index is 2.75. The fourth-order valence-corrected chi connectivity index (χ4v) is 1.34. The second-order valence-corrected chi connectivity index (χ2v) is 3.88. The van der Waals surface area contributed by atoms with Crippen LogP contribution in [-0.2, 0) is 16.1 Å². The summed E-state index contributed by atoms with van der Waals surface area (Å²) in [6.45, 7) is -0.197. The second-order valence-electron chi connectivity index (χ2n) is 3.47. The van der Waals surface area contributed by atoms with Crippen LogP contribution in [0.4, 0.5) is 13.2 Å². The van der Waals surface area contributed by atoms with E-state index in [2.05, 4.69) is 10.1 Å². The van der Waals surface area contributed by atoms with E-state index in [4.69, 9.17) is 17.4 Å². The topological polar surface area (TPSA) is 93.5 Å². The van der Waals surface area contributed by atoms with Gasteiger partial charge in [-0.15, -0.1) is 13.2 Å². The first-order chi connectivity index (χ1) is 9.23. The van der Waals surface area contributed by atoms with Crippen LogP contribution in [0.1, 0.15) is 5.56 Å². The van der Waals surface area contributed by atoms with Gasteiger partial charge in [0, 0.05) is 6.54 Å². The lowest BCUT2D eigenvalue weighted by atomic mass is 10.2. The van der Waals surface area contributed by atoms with Crippen molar-refractivity contribution in [1.82, 2.24) is 10.7 Å². The summed E-state index contributed by atoms with van der Waals surface area (Å²) in [5.74, 6) is 2.02. The Labute approximate surface area is 116 Å². The number of carbonyl (C=O) groups is 2. The van der Waals surface area contributed by atoms with Gasteiger partial charge >= 0.3 is 18.2 Å². The molecule has 2 amide bonds. The molecule has 1 rings (SSSR count). The molecule has 0 heterocycles. The summed E-state index contributed by atoms with van der Waals surface area (Å²) in [6.07, 6.45) is -4.88. The lowest BCUT2D eigenvalue weighted by Crippen LogP contribution is -2.42. The molecule has 0 aliphatic rings. The molecule has 0 unspecified atom stereocenters. The average molecular weight is 312 g/mol. The number of amides is 2. The molecular weight excluding hydrogens is 303 g/mol. The van der Waals surface area contributed by atoms with Gasteiger partial charge < -0.3 is 10.1 Å². The molecule has 1 aromatic carbocycles. The first-order valence-electron chi connectivity index (χ1n) is 5.06. The highest BCUT2D eigenvalue weighted by molar-refractivity contribution is 6.34. The maximum atomic E-state index is 12.1. The Morgan fingerprint density at radius 3 is 2.50 bits per heavy atom. The Morgan fingerprint density at radius 2 is 1.95 bits per heavy atom. The average Bonchev–Trinajstić information content (AvgIpc) is 2.36. The van der Waals surface area contributed by atoms with Crippen molar-refractivity contribution >= 4 is 23.4 Å². The zero-order valence-electron chi connectivity index (χ0n) is 9.75. The summed E-state index contributed by atoms with van der Waals surface area (Å²) in [6, 6.07) is 3.54. The van der Waals surface area contributed by atoms with Gasteiger partial charge in [0.2, 0.25) is 0 Å². The third-order valence-corrected chi connectivity index (χ3v) is 2.32. The summed E-state index contributed by atoms with van der Waals surface area (Å²) < 4.78 is 40.0. The van der Waals surface area contributed by atoms with Gasteiger partial charge in [-0.3, -0.25) is 15.0 Å². The van der Waals surface area contributed by atoms with E-state index in [9.17, 15) is 22.8 Å². The van der Waals surface area contributed by atoms with Crippen LogP contribution >= 0.6 is 11.6 Å². The molecule has 0 aliphatic carbocycles. The number of benzene rings is 1. The highest BCUT2D eigenvalue weighted by Gasteiger charge is 2.32. The number of ether oxygens (including phenoxy) is 1. The van der Waals surface area contributed by atoms with Gasteiger partial charge in [0.05, 0.1) is 5.02 Å². The molecule has 0 saturated carbocycles. The second kappa shape index (κ2) is 6.44. The summed E-state index contributed by atoms with van der Waals surface area (Å²) in [7, 11) is 0. The van der Waals surface area contributed by atoms with Crippen molar-refractivity contribution in [2.75, 3.05) is 0 Å². The molecule has 4 N–H and O–H groups in total. The van der Waals surface area contributed by atoms with E-state index in [1.54, 1.807) is 5.43 Å². The van der Waals surface area contributed by atoms with E-state index >= 15 is 0 Å². The van der Waals surface area contributed by atoms with Crippen LogP contribution in [0.15, 0.2) is 18.2 Å². The fourth-order valence-electron chi connectivity index (χ4n) is 1.19. The molecule has 1 aromatic rings. The highest BCUT2D eigenvalue weighted by Crippen LogP contribution is 2.30. The number of alkyl halides is 3. The van der Waals surface area contributed by atoms with E-state index in [1.165, 1.54) is 12.1 Å². The van der Waals surface area contributed by atoms with Crippen LogP contribution in [-0.4, -0.2) is 18.2 Å². The lowest BCUT2D eigenvalue weighted by Gasteiger charge is -2.12. The molecule has 10 heteroatoms. The quantitative estimate of drug-likeness (QED) is 0.334. The van der Waals surface area contributed by atoms with Gasteiger partial charge in [0.1, 0.15) is 5.75 Å². The maximum absolute atomic E-state index is 12.1. The molecule has 0 bridgehead atoms. The van der Waals surface area contributed by atoms with Crippen LogP contribution in [0.25, 0.3) is 0 Å². The van der Waals surface area contributed by atoms with Gasteiger partial charge in [0.15, 0.2) is 0 Å². The molecule has 0 aromatic heterocycles. The number of nitrogens with two attached hydrogens (primary N) is 1. The molecule has 0 radical (unpaired) electrons. The summed E-state index contributed by atoms with van der Waals surface area (Å²) in [5.41, 5.74) is 1.86. The Kier molecular flexibility index (Phi) is 5.17. The van der Waals surface area contributed by atoms with E-state index in [0.29, 0.717) is 0 Å². The summed E-state index contributed by atoms with van der Waals surface area (Å²) in [4.78, 5) is 21.9. The van der Waals surface area contributed by atoms with Crippen molar-refractivity contribution in [2.45, 2.75) is 12.9 Å². The van der Waals surface area contributed by atoms with Gasteiger partial charge in [-0.1, -0.05) is 17.7 Å². The minimum Gasteiger partial charge on any atom is -0.404 e. The van der Waals surface area contributed by atoms with E-state index in [0.717, 1.165) is 6.07 Å². The van der Waals surface area contributed by atoms with Gasteiger partial charge in [0.25, 0.3) is 0 Å². The number of rotatable bonds is 3. The normalized spacial score (nSPS) is 10.8.